The number of esters is 1. The first-order valence-corrected chi connectivity index (χ1v) is 9.75. The van der Waals surface area contributed by atoms with Crippen LogP contribution in [0.25, 0.3) is 0 Å². The number of halogens is 2. The summed E-state index contributed by atoms with van der Waals surface area (Å²) in [6.45, 7) is -0.562. The number of anilines is 1. The average molecular weight is 431 g/mol. The minimum absolute atomic E-state index is 0.0107. The summed E-state index contributed by atoms with van der Waals surface area (Å²) in [6.07, 6.45) is 0. The third-order valence-electron chi connectivity index (χ3n) is 3.33. The van der Waals surface area contributed by atoms with Gasteiger partial charge in [-0.2, -0.15) is 0 Å². The van der Waals surface area contributed by atoms with Gasteiger partial charge in [0.05, 0.1) is 10.5 Å². The fraction of sp³-hybridized carbons (Fsp3) is 0.176. The van der Waals surface area contributed by atoms with Crippen molar-refractivity contribution in [2.24, 2.45) is 0 Å². The molecule has 7 nitrogen and oxygen atoms in total. The lowest BCUT2D eigenvalue weighted by Crippen LogP contribution is -2.23. The molecule has 2 aromatic carbocycles. The third-order valence-corrected chi connectivity index (χ3v) is 5.58. The Morgan fingerprint density at radius 1 is 1.07 bits per heavy atom. The topological polar surface area (TPSA) is 92.8 Å². The number of hydrogen-bond donors (Lipinski definition) is 1. The van der Waals surface area contributed by atoms with Crippen LogP contribution in [0.1, 0.15) is 10.4 Å². The van der Waals surface area contributed by atoms with Crippen molar-refractivity contribution in [2.45, 2.75) is 4.90 Å². The van der Waals surface area contributed by atoms with Gasteiger partial charge in [-0.1, -0.05) is 29.3 Å². The molecule has 27 heavy (non-hydrogen) atoms. The van der Waals surface area contributed by atoms with Gasteiger partial charge in [0.2, 0.25) is 10.0 Å². The summed E-state index contributed by atoms with van der Waals surface area (Å²) < 4.78 is 30.2. The van der Waals surface area contributed by atoms with Gasteiger partial charge < -0.3 is 10.1 Å². The molecule has 10 heteroatoms. The van der Waals surface area contributed by atoms with Gasteiger partial charge in [0.25, 0.3) is 5.91 Å². The molecule has 0 bridgehead atoms. The van der Waals surface area contributed by atoms with E-state index in [2.05, 4.69) is 5.32 Å². The highest BCUT2D eigenvalue weighted by atomic mass is 35.5. The zero-order valence-electron chi connectivity index (χ0n) is 14.4. The number of carbonyl (C=O) groups is 2. The molecule has 0 aliphatic carbocycles. The van der Waals surface area contributed by atoms with Gasteiger partial charge in [-0.3, -0.25) is 4.79 Å². The first-order valence-electron chi connectivity index (χ1n) is 7.55. The molecule has 0 fully saturated rings. The molecule has 0 atom stereocenters. The van der Waals surface area contributed by atoms with E-state index in [1.54, 1.807) is 0 Å². The number of sulfonamides is 1. The summed E-state index contributed by atoms with van der Waals surface area (Å²) in [5.41, 5.74) is 0.365. The maximum atomic E-state index is 12.1. The van der Waals surface area contributed by atoms with E-state index in [4.69, 9.17) is 27.9 Å². The molecule has 1 N–H and O–H groups in total. The van der Waals surface area contributed by atoms with E-state index < -0.39 is 28.5 Å². The molecule has 144 valence electrons. The molecule has 0 heterocycles. The van der Waals surface area contributed by atoms with Crippen molar-refractivity contribution in [1.82, 2.24) is 4.31 Å². The normalized spacial score (nSPS) is 11.3. The van der Waals surface area contributed by atoms with Crippen LogP contribution >= 0.6 is 23.2 Å². The minimum atomic E-state index is -3.69. The quantitative estimate of drug-likeness (QED) is 0.710. The fourth-order valence-electron chi connectivity index (χ4n) is 2.03. The van der Waals surface area contributed by atoms with Gasteiger partial charge >= 0.3 is 5.97 Å². The molecule has 0 saturated carbocycles. The second-order valence-electron chi connectivity index (χ2n) is 5.60. The molecule has 0 spiro atoms. The van der Waals surface area contributed by atoms with Crippen molar-refractivity contribution in [3.05, 3.63) is 58.1 Å². The molecule has 1 amide bonds. The molecule has 0 aromatic heterocycles. The van der Waals surface area contributed by atoms with Crippen LogP contribution in [0.4, 0.5) is 5.69 Å². The van der Waals surface area contributed by atoms with Crippen LogP contribution in [0.5, 0.6) is 0 Å². The Bertz CT molecular complexity index is 957. The molecule has 0 aliphatic heterocycles. The largest absolute Gasteiger partial charge is 0.452 e. The third kappa shape index (κ3) is 5.67. The van der Waals surface area contributed by atoms with Crippen molar-refractivity contribution in [1.29, 1.82) is 0 Å². The average Bonchev–Trinajstić information content (AvgIpc) is 2.58. The van der Waals surface area contributed by atoms with Crippen molar-refractivity contribution in [2.75, 3.05) is 26.0 Å². The Kier molecular flexibility index (Phi) is 6.83. The maximum absolute atomic E-state index is 12.1. The number of rotatable bonds is 6. The SMILES string of the molecule is CN(C)S(=O)(=O)c1cccc(C(=O)OCC(=O)Nc2cc(Cl)cc(Cl)c2)c1. The van der Waals surface area contributed by atoms with E-state index in [9.17, 15) is 18.0 Å². The predicted octanol–water partition coefficient (Wildman–Crippen LogP) is 3.04. The summed E-state index contributed by atoms with van der Waals surface area (Å²) >= 11 is 11.7. The Morgan fingerprint density at radius 2 is 1.70 bits per heavy atom. The zero-order chi connectivity index (χ0) is 20.2. The number of ether oxygens (including phenoxy) is 1. The Balaban J connectivity index is 2.02. The minimum Gasteiger partial charge on any atom is -0.452 e. The molecule has 0 radical (unpaired) electrons. The fourth-order valence-corrected chi connectivity index (χ4v) is 3.51. The predicted molar refractivity (Wildman–Crippen MR) is 103 cm³/mol. The summed E-state index contributed by atoms with van der Waals surface area (Å²) in [6, 6.07) is 9.85. The van der Waals surface area contributed by atoms with Crippen molar-refractivity contribution in [3.8, 4) is 0 Å². The summed E-state index contributed by atoms with van der Waals surface area (Å²) in [5, 5.41) is 3.18. The smallest absolute Gasteiger partial charge is 0.338 e. The van der Waals surface area contributed by atoms with E-state index >= 15 is 0 Å². The highest BCUT2D eigenvalue weighted by Gasteiger charge is 2.19. The maximum Gasteiger partial charge on any atom is 0.338 e. The molecular formula is C17H16Cl2N2O5S. The Morgan fingerprint density at radius 3 is 2.30 bits per heavy atom. The monoisotopic (exact) mass is 430 g/mol. The summed E-state index contributed by atoms with van der Waals surface area (Å²) in [7, 11) is -0.928. The molecule has 0 unspecified atom stereocenters. The molecule has 0 saturated heterocycles. The number of hydrogen-bond acceptors (Lipinski definition) is 5. The van der Waals surface area contributed by atoms with Crippen molar-refractivity contribution >= 4 is 50.8 Å². The Labute approximate surface area is 166 Å². The first kappa shape index (κ1) is 21.2. The number of benzene rings is 2. The van der Waals surface area contributed by atoms with Gasteiger partial charge in [0, 0.05) is 29.8 Å². The van der Waals surface area contributed by atoms with Crippen LogP contribution in [0.15, 0.2) is 47.4 Å². The highest BCUT2D eigenvalue weighted by molar-refractivity contribution is 7.89. The van der Waals surface area contributed by atoms with Gasteiger partial charge in [0.15, 0.2) is 6.61 Å². The molecule has 2 aromatic rings. The van der Waals surface area contributed by atoms with Gasteiger partial charge in [0.1, 0.15) is 0 Å². The van der Waals surface area contributed by atoms with Crippen LogP contribution in [0.2, 0.25) is 10.0 Å². The van der Waals surface area contributed by atoms with Gasteiger partial charge in [-0.15, -0.1) is 0 Å². The zero-order valence-corrected chi connectivity index (χ0v) is 16.7. The van der Waals surface area contributed by atoms with Gasteiger partial charge in [-0.25, -0.2) is 17.5 Å². The lowest BCUT2D eigenvalue weighted by molar-refractivity contribution is -0.119. The Hall–Kier alpha value is -2.13. The van der Waals surface area contributed by atoms with Crippen molar-refractivity contribution < 1.29 is 22.7 Å². The number of amides is 1. The summed E-state index contributed by atoms with van der Waals surface area (Å²) in [5.74, 6) is -1.43. The van der Waals surface area contributed by atoms with E-state index in [-0.39, 0.29) is 10.5 Å². The van der Waals surface area contributed by atoms with Crippen LogP contribution in [0, 0.1) is 0 Å². The molecule has 0 aliphatic rings. The van der Waals surface area contributed by atoms with Crippen LogP contribution in [0.3, 0.4) is 0 Å². The number of carbonyl (C=O) groups excluding carboxylic acids is 2. The van der Waals surface area contributed by atoms with E-state index in [0.29, 0.717) is 15.7 Å². The standard InChI is InChI=1S/C17H16Cl2N2O5S/c1-21(2)27(24,25)15-5-3-4-11(6-15)17(23)26-10-16(22)20-14-8-12(18)7-13(19)9-14/h3-9H,10H2,1-2H3,(H,20,22). The molecular weight excluding hydrogens is 415 g/mol. The van der Waals surface area contributed by atoms with Crippen molar-refractivity contribution in [3.63, 3.8) is 0 Å². The second kappa shape index (κ2) is 8.71. The highest BCUT2D eigenvalue weighted by Crippen LogP contribution is 2.22. The van der Waals surface area contributed by atoms with Crippen LogP contribution < -0.4 is 5.32 Å². The first-order chi connectivity index (χ1) is 12.6. The lowest BCUT2D eigenvalue weighted by atomic mass is 10.2. The number of nitrogens with one attached hydrogen (secondary N) is 1. The lowest BCUT2D eigenvalue weighted by Gasteiger charge is -2.12. The van der Waals surface area contributed by atoms with Crippen LogP contribution in [-0.2, 0) is 19.6 Å². The summed E-state index contributed by atoms with van der Waals surface area (Å²) in [4.78, 5) is 24.0. The van der Waals surface area contributed by atoms with E-state index in [0.717, 1.165) is 4.31 Å². The van der Waals surface area contributed by atoms with E-state index in [1.165, 1.54) is 56.6 Å². The van der Waals surface area contributed by atoms with Gasteiger partial charge in [-0.05, 0) is 36.4 Å². The van der Waals surface area contributed by atoms with Crippen LogP contribution in [-0.4, -0.2) is 45.3 Å². The second-order valence-corrected chi connectivity index (χ2v) is 8.62. The van der Waals surface area contributed by atoms with E-state index in [1.807, 2.05) is 0 Å². The molecule has 2 rings (SSSR count). The number of nitrogens with zero attached hydrogens (tertiary/aromatic N) is 1.